The number of hydrogen-bond acceptors (Lipinski definition) is 8. The quantitative estimate of drug-likeness (QED) is 0.178. The van der Waals surface area contributed by atoms with E-state index in [1.54, 1.807) is 0 Å². The van der Waals surface area contributed by atoms with Crippen LogP contribution in [-0.2, 0) is 16.1 Å². The molecule has 6 atom stereocenters. The molecule has 0 amide bonds. The van der Waals surface area contributed by atoms with Gasteiger partial charge in [-0.2, -0.15) is 0 Å². The van der Waals surface area contributed by atoms with Crippen LogP contribution in [0.15, 0.2) is 48.5 Å². The third-order valence-electron chi connectivity index (χ3n) is 9.17. The summed E-state index contributed by atoms with van der Waals surface area (Å²) in [5, 5.41) is 59.7. The van der Waals surface area contributed by atoms with Gasteiger partial charge in [0, 0.05) is 0 Å². The first-order chi connectivity index (χ1) is 18.2. The van der Waals surface area contributed by atoms with Crippen LogP contribution < -0.4 is 4.74 Å². The lowest BCUT2D eigenvalue weighted by Crippen LogP contribution is -2.72. The maximum absolute atomic E-state index is 13.5. The molecule has 3 aromatic carbocycles. The molecule has 7 rings (SSSR count). The first kappa shape index (κ1) is 24.0. The van der Waals surface area contributed by atoms with Gasteiger partial charge in [0.25, 0.3) is 0 Å². The molecule has 1 saturated heterocycles. The molecular formula is C29H29NO8. The monoisotopic (exact) mass is 519 g/mol. The fourth-order valence-corrected chi connectivity index (χ4v) is 7.17. The van der Waals surface area contributed by atoms with E-state index in [2.05, 4.69) is 4.98 Å². The molecule has 38 heavy (non-hydrogen) atoms. The van der Waals surface area contributed by atoms with Gasteiger partial charge in [-0.25, -0.2) is 4.79 Å². The average molecular weight is 520 g/mol. The Morgan fingerprint density at radius 1 is 1.00 bits per heavy atom. The Labute approximate surface area is 217 Å². The highest BCUT2D eigenvalue weighted by Crippen LogP contribution is 2.59. The molecule has 0 bridgehead atoms. The minimum Gasteiger partial charge on any atom is -0.422 e. The van der Waals surface area contributed by atoms with E-state index in [1.807, 2.05) is 48.5 Å². The molecule has 0 unspecified atom stereocenters. The van der Waals surface area contributed by atoms with Crippen molar-refractivity contribution < 1.29 is 39.8 Å². The highest BCUT2D eigenvalue weighted by Gasteiger charge is 2.78. The fourth-order valence-electron chi connectivity index (χ4n) is 7.17. The Kier molecular flexibility index (Phi) is 5.05. The molecule has 1 aromatic heterocycles. The molecule has 0 spiro atoms. The van der Waals surface area contributed by atoms with E-state index in [4.69, 9.17) is 9.47 Å². The van der Waals surface area contributed by atoms with E-state index >= 15 is 0 Å². The Morgan fingerprint density at radius 3 is 2.53 bits per heavy atom. The fraction of sp³-hybridized carbons (Fsp3) is 0.414. The molecule has 9 heteroatoms. The van der Waals surface area contributed by atoms with Crippen molar-refractivity contribution in [3.8, 4) is 5.75 Å². The number of aromatic nitrogens is 1. The number of rotatable bonds is 3. The molecule has 198 valence electrons. The van der Waals surface area contributed by atoms with Gasteiger partial charge < -0.3 is 40.0 Å². The van der Waals surface area contributed by atoms with E-state index in [0.29, 0.717) is 30.2 Å². The van der Waals surface area contributed by atoms with Crippen molar-refractivity contribution in [2.45, 2.75) is 67.9 Å². The Morgan fingerprint density at radius 2 is 1.76 bits per heavy atom. The van der Waals surface area contributed by atoms with Gasteiger partial charge >= 0.3 is 5.97 Å². The molecule has 3 fully saturated rings. The smallest absolute Gasteiger partial charge is 0.343 e. The molecule has 0 radical (unpaired) electrons. The molecular weight excluding hydrogens is 490 g/mol. The zero-order chi connectivity index (χ0) is 26.4. The largest absolute Gasteiger partial charge is 0.422 e. The van der Waals surface area contributed by atoms with Crippen LogP contribution in [0.4, 0.5) is 0 Å². The van der Waals surface area contributed by atoms with E-state index in [0.717, 1.165) is 21.5 Å². The highest BCUT2D eigenvalue weighted by atomic mass is 16.7. The SMILES string of the molecule is O=C(Oc1c(CO)[nH]c2ccc3cc4ccccc4cc3c12)[C@@H]1O[C@]2(O)[C@@](O)(CC[C@@H]3CCC[C@]32O)[C@H]1O. The van der Waals surface area contributed by atoms with Crippen molar-refractivity contribution in [2.24, 2.45) is 5.92 Å². The number of carbonyl (C=O) groups excluding carboxylic acids is 1. The van der Waals surface area contributed by atoms with Crippen LogP contribution in [0.2, 0.25) is 0 Å². The lowest BCUT2D eigenvalue weighted by Gasteiger charge is -2.52. The molecule has 9 nitrogen and oxygen atoms in total. The molecule has 1 aliphatic heterocycles. The molecule has 3 aliphatic rings. The molecule has 4 aromatic rings. The minimum atomic E-state index is -2.52. The van der Waals surface area contributed by atoms with Gasteiger partial charge in [-0.3, -0.25) is 0 Å². The lowest BCUT2D eigenvalue weighted by atomic mass is 9.64. The van der Waals surface area contributed by atoms with Crippen LogP contribution in [0.5, 0.6) is 5.75 Å². The van der Waals surface area contributed by atoms with Gasteiger partial charge in [0.1, 0.15) is 17.3 Å². The second-order valence-corrected chi connectivity index (χ2v) is 11.0. The number of aliphatic hydroxyl groups is 5. The summed E-state index contributed by atoms with van der Waals surface area (Å²) in [6.45, 7) is -0.449. The number of aliphatic hydroxyl groups excluding tert-OH is 2. The van der Waals surface area contributed by atoms with Gasteiger partial charge in [-0.05, 0) is 77.8 Å². The van der Waals surface area contributed by atoms with E-state index in [9.17, 15) is 30.3 Å². The van der Waals surface area contributed by atoms with E-state index in [1.165, 1.54) is 0 Å². The normalized spacial score (nSPS) is 34.6. The summed E-state index contributed by atoms with van der Waals surface area (Å²) >= 11 is 0. The number of ether oxygens (including phenoxy) is 2. The van der Waals surface area contributed by atoms with Crippen LogP contribution in [0, 0.1) is 5.92 Å². The number of esters is 1. The summed E-state index contributed by atoms with van der Waals surface area (Å²) in [6.07, 6.45) is -1.76. The van der Waals surface area contributed by atoms with Crippen LogP contribution in [0.25, 0.3) is 32.4 Å². The molecule has 2 heterocycles. The molecule has 6 N–H and O–H groups in total. The van der Waals surface area contributed by atoms with E-state index < -0.39 is 41.8 Å². The maximum Gasteiger partial charge on any atom is 0.343 e. The number of benzene rings is 3. The van der Waals surface area contributed by atoms with Crippen LogP contribution in [0.1, 0.15) is 37.8 Å². The number of nitrogens with one attached hydrogen (secondary N) is 1. The van der Waals surface area contributed by atoms with Gasteiger partial charge in [-0.1, -0.05) is 30.3 Å². The van der Waals surface area contributed by atoms with E-state index in [-0.39, 0.29) is 30.2 Å². The van der Waals surface area contributed by atoms with Crippen molar-refractivity contribution in [3.05, 3.63) is 54.2 Å². The maximum atomic E-state index is 13.5. The Bertz CT molecular complexity index is 1610. The van der Waals surface area contributed by atoms with Gasteiger partial charge in [0.2, 0.25) is 5.79 Å². The molecule has 2 aliphatic carbocycles. The predicted molar refractivity (Wildman–Crippen MR) is 137 cm³/mol. The minimum absolute atomic E-state index is 0.0336. The van der Waals surface area contributed by atoms with Crippen molar-refractivity contribution >= 4 is 38.4 Å². The summed E-state index contributed by atoms with van der Waals surface area (Å²) in [5.41, 5.74) is -3.13. The van der Waals surface area contributed by atoms with Crippen molar-refractivity contribution in [3.63, 3.8) is 0 Å². The second kappa shape index (κ2) is 7.98. The third kappa shape index (κ3) is 2.94. The highest BCUT2D eigenvalue weighted by molar-refractivity contribution is 6.14. The van der Waals surface area contributed by atoms with Crippen LogP contribution in [0.3, 0.4) is 0 Å². The zero-order valence-electron chi connectivity index (χ0n) is 20.6. The zero-order valence-corrected chi connectivity index (χ0v) is 20.6. The standard InChI is InChI=1S/C29H29NO8/c31-14-21-23(22-19-13-16-5-2-1-4-15(16)12-17(19)7-8-20(22)30-21)37-26(33)24-25(32)28(35)11-9-18-6-3-10-27(18,34)29(28,36)38-24/h1-2,4-5,7-8,12-13,18,24-25,30-32,34-36H,3,6,9-11,14H2/t18-,24+,25-,27-,28+,29-/m0/s1. The molecule has 2 saturated carbocycles. The number of carbonyl (C=O) groups is 1. The number of hydrogen-bond donors (Lipinski definition) is 6. The van der Waals surface area contributed by atoms with Crippen molar-refractivity contribution in [1.82, 2.24) is 4.98 Å². The predicted octanol–water partition coefficient (Wildman–Crippen LogP) is 2.38. The summed E-state index contributed by atoms with van der Waals surface area (Å²) in [5.74, 6) is -3.80. The van der Waals surface area contributed by atoms with Crippen molar-refractivity contribution in [1.29, 1.82) is 0 Å². The first-order valence-electron chi connectivity index (χ1n) is 13.0. The van der Waals surface area contributed by atoms with Crippen molar-refractivity contribution in [2.75, 3.05) is 0 Å². The Balaban J connectivity index is 1.31. The Hall–Kier alpha value is -3.05. The van der Waals surface area contributed by atoms with Gasteiger partial charge in [0.05, 0.1) is 23.2 Å². The van der Waals surface area contributed by atoms with Crippen LogP contribution in [-0.4, -0.2) is 65.7 Å². The number of H-pyrrole nitrogens is 1. The van der Waals surface area contributed by atoms with Gasteiger partial charge in [-0.15, -0.1) is 0 Å². The summed E-state index contributed by atoms with van der Waals surface area (Å²) in [4.78, 5) is 16.6. The summed E-state index contributed by atoms with van der Waals surface area (Å²) in [6, 6.07) is 15.7. The van der Waals surface area contributed by atoms with Crippen LogP contribution >= 0.6 is 0 Å². The summed E-state index contributed by atoms with van der Waals surface area (Å²) < 4.78 is 11.5. The lowest BCUT2D eigenvalue weighted by molar-refractivity contribution is -0.367. The third-order valence-corrected chi connectivity index (χ3v) is 9.17. The average Bonchev–Trinajstić information content (AvgIpc) is 3.54. The summed E-state index contributed by atoms with van der Waals surface area (Å²) in [7, 11) is 0. The topological polar surface area (TPSA) is 152 Å². The second-order valence-electron chi connectivity index (χ2n) is 11.0. The number of aromatic amines is 1. The van der Waals surface area contributed by atoms with Gasteiger partial charge in [0.15, 0.2) is 11.9 Å². The first-order valence-corrected chi connectivity index (χ1v) is 13.0. The number of fused-ring (bicyclic) bond motifs is 7.